The molecule has 6 heteroatoms. The van der Waals surface area contributed by atoms with Gasteiger partial charge in [0.2, 0.25) is 5.78 Å². The molecule has 6 nitrogen and oxygen atoms in total. The summed E-state index contributed by atoms with van der Waals surface area (Å²) >= 11 is 0. The number of nitrogens with one attached hydrogen (secondary N) is 2. The molecule has 1 fully saturated rings. The van der Waals surface area contributed by atoms with Crippen LogP contribution in [0.5, 0.6) is 11.5 Å². The third kappa shape index (κ3) is 3.81. The molecule has 156 valence electrons. The Labute approximate surface area is 172 Å². The van der Waals surface area contributed by atoms with E-state index in [0.29, 0.717) is 11.3 Å². The predicted molar refractivity (Wildman–Crippen MR) is 111 cm³/mol. The molecule has 0 bridgehead atoms. The number of ketones is 2. The quantitative estimate of drug-likeness (QED) is 0.703. The van der Waals surface area contributed by atoms with E-state index in [1.807, 2.05) is 39.0 Å². The standard InChI is InChI=1S/C23H30N2O4/c1-13-21(16(4)26)14(2)24-22(13)23(27)15(3)25-11-7-8-19(25)18-10-9-17(28-5)12-20(18)29-6/h9-10,12,15,19,24H,7-8,11H2,1-6H3/p+1/t15-,19-/m1/s1. The second-order valence-corrected chi connectivity index (χ2v) is 7.89. The van der Waals surface area contributed by atoms with Crippen molar-refractivity contribution in [3.63, 3.8) is 0 Å². The van der Waals surface area contributed by atoms with Crippen LogP contribution < -0.4 is 14.4 Å². The van der Waals surface area contributed by atoms with Gasteiger partial charge in [-0.3, -0.25) is 9.59 Å². The molecular formula is C23H31N2O4+. The molecule has 0 saturated carbocycles. The van der Waals surface area contributed by atoms with E-state index in [0.717, 1.165) is 47.7 Å². The fraction of sp³-hybridized carbons (Fsp3) is 0.478. The molecular weight excluding hydrogens is 368 g/mol. The number of H-pyrrole nitrogens is 1. The molecule has 29 heavy (non-hydrogen) atoms. The first kappa shape index (κ1) is 21.1. The minimum absolute atomic E-state index is 0.0164. The zero-order valence-corrected chi connectivity index (χ0v) is 18.1. The lowest BCUT2D eigenvalue weighted by Crippen LogP contribution is -3.14. The number of quaternary nitrogens is 1. The number of carbonyl (C=O) groups excluding carboxylic acids is 2. The summed E-state index contributed by atoms with van der Waals surface area (Å²) in [5.74, 6) is 1.58. The van der Waals surface area contributed by atoms with E-state index >= 15 is 0 Å². The fourth-order valence-electron chi connectivity index (χ4n) is 4.76. The van der Waals surface area contributed by atoms with Gasteiger partial charge in [-0.05, 0) is 45.4 Å². The second-order valence-electron chi connectivity index (χ2n) is 7.89. The molecule has 3 rings (SSSR count). The van der Waals surface area contributed by atoms with Crippen LogP contribution in [-0.4, -0.2) is 43.4 Å². The highest BCUT2D eigenvalue weighted by atomic mass is 16.5. The van der Waals surface area contributed by atoms with Crippen LogP contribution >= 0.6 is 0 Å². The van der Waals surface area contributed by atoms with E-state index in [4.69, 9.17) is 9.47 Å². The number of hydrogen-bond acceptors (Lipinski definition) is 4. The summed E-state index contributed by atoms with van der Waals surface area (Å²) < 4.78 is 10.9. The predicted octanol–water partition coefficient (Wildman–Crippen LogP) is 2.84. The van der Waals surface area contributed by atoms with Crippen LogP contribution in [0.25, 0.3) is 0 Å². The van der Waals surface area contributed by atoms with Crippen molar-refractivity contribution in [3.05, 3.63) is 46.3 Å². The molecule has 2 N–H and O–H groups in total. The van der Waals surface area contributed by atoms with Gasteiger partial charge in [-0.2, -0.15) is 0 Å². The van der Waals surface area contributed by atoms with Gasteiger partial charge in [0.25, 0.3) is 0 Å². The maximum Gasteiger partial charge on any atom is 0.236 e. The van der Waals surface area contributed by atoms with Gasteiger partial charge >= 0.3 is 0 Å². The van der Waals surface area contributed by atoms with Gasteiger partial charge in [0.1, 0.15) is 17.5 Å². The van der Waals surface area contributed by atoms with E-state index in [-0.39, 0.29) is 23.7 Å². The number of ether oxygens (including phenoxy) is 2. The molecule has 1 aliphatic rings. The number of aryl methyl sites for hydroxylation is 1. The van der Waals surface area contributed by atoms with E-state index in [1.54, 1.807) is 21.1 Å². The third-order valence-electron chi connectivity index (χ3n) is 6.21. The van der Waals surface area contributed by atoms with Crippen molar-refractivity contribution in [1.82, 2.24) is 4.98 Å². The number of benzene rings is 1. The Hall–Kier alpha value is -2.60. The second kappa shape index (κ2) is 8.41. The van der Waals surface area contributed by atoms with Gasteiger partial charge in [-0.1, -0.05) is 0 Å². The summed E-state index contributed by atoms with van der Waals surface area (Å²) in [6.07, 6.45) is 2.05. The lowest BCUT2D eigenvalue weighted by Gasteiger charge is -2.28. The molecule has 1 saturated heterocycles. The van der Waals surface area contributed by atoms with E-state index in [9.17, 15) is 9.59 Å². The fourth-order valence-corrected chi connectivity index (χ4v) is 4.76. The van der Waals surface area contributed by atoms with Crippen LogP contribution in [0, 0.1) is 13.8 Å². The first-order valence-electron chi connectivity index (χ1n) is 10.1. The molecule has 0 amide bonds. The molecule has 1 aromatic carbocycles. The van der Waals surface area contributed by atoms with Crippen molar-refractivity contribution >= 4 is 11.6 Å². The van der Waals surface area contributed by atoms with Crippen molar-refractivity contribution in [2.45, 2.75) is 52.6 Å². The van der Waals surface area contributed by atoms with Crippen LogP contribution in [0.4, 0.5) is 0 Å². The van der Waals surface area contributed by atoms with Crippen molar-refractivity contribution < 1.29 is 24.0 Å². The zero-order valence-electron chi connectivity index (χ0n) is 18.1. The molecule has 2 aromatic rings. The summed E-state index contributed by atoms with van der Waals surface area (Å²) in [4.78, 5) is 29.7. The number of hydrogen-bond donors (Lipinski definition) is 2. The molecule has 0 aliphatic carbocycles. The van der Waals surface area contributed by atoms with Crippen LogP contribution in [0.15, 0.2) is 18.2 Å². The maximum atomic E-state index is 13.4. The molecule has 2 heterocycles. The Kier molecular flexibility index (Phi) is 6.13. The normalized spacial score (nSPS) is 19.8. The SMILES string of the molecule is COc1ccc([C@H]2CCC[NH+]2[C@H](C)C(=O)c2[nH]c(C)c(C(C)=O)c2C)c(OC)c1. The minimum atomic E-state index is -0.231. The van der Waals surface area contributed by atoms with Crippen molar-refractivity contribution in [3.8, 4) is 11.5 Å². The van der Waals surface area contributed by atoms with Crippen molar-refractivity contribution in [1.29, 1.82) is 0 Å². The summed E-state index contributed by atoms with van der Waals surface area (Å²) in [5, 5.41) is 0. The highest BCUT2D eigenvalue weighted by molar-refractivity contribution is 6.04. The molecule has 1 aromatic heterocycles. The molecule has 0 spiro atoms. The van der Waals surface area contributed by atoms with Gasteiger partial charge in [0, 0.05) is 30.2 Å². The van der Waals surface area contributed by atoms with Gasteiger partial charge in [-0.15, -0.1) is 0 Å². The number of likely N-dealkylation sites (tertiary alicyclic amines) is 1. The van der Waals surface area contributed by atoms with Gasteiger partial charge in [0.15, 0.2) is 11.8 Å². The Morgan fingerprint density at radius 1 is 1.21 bits per heavy atom. The number of aromatic amines is 1. The number of Topliss-reactive ketones (excluding diaryl/α,β-unsaturated/α-hetero) is 2. The monoisotopic (exact) mass is 399 g/mol. The lowest BCUT2D eigenvalue weighted by atomic mass is 9.99. The third-order valence-corrected chi connectivity index (χ3v) is 6.21. The smallest absolute Gasteiger partial charge is 0.236 e. The van der Waals surface area contributed by atoms with Crippen LogP contribution in [0.2, 0.25) is 0 Å². The van der Waals surface area contributed by atoms with Gasteiger partial charge in [-0.25, -0.2) is 0 Å². The Balaban J connectivity index is 1.91. The zero-order chi connectivity index (χ0) is 21.3. The van der Waals surface area contributed by atoms with E-state index in [1.165, 1.54) is 4.90 Å². The van der Waals surface area contributed by atoms with Crippen molar-refractivity contribution in [2.24, 2.45) is 0 Å². The Bertz CT molecular complexity index is 931. The highest BCUT2D eigenvalue weighted by Crippen LogP contribution is 2.32. The minimum Gasteiger partial charge on any atom is -0.497 e. The molecule has 1 aliphatic heterocycles. The Morgan fingerprint density at radius 2 is 1.93 bits per heavy atom. The number of aromatic nitrogens is 1. The maximum absolute atomic E-state index is 13.4. The van der Waals surface area contributed by atoms with Gasteiger partial charge in [0.05, 0.1) is 32.0 Å². The number of rotatable bonds is 7. The number of methoxy groups -OCH3 is 2. The molecule has 0 radical (unpaired) electrons. The average molecular weight is 400 g/mol. The highest BCUT2D eigenvalue weighted by Gasteiger charge is 2.39. The largest absolute Gasteiger partial charge is 0.497 e. The van der Waals surface area contributed by atoms with Crippen LogP contribution in [-0.2, 0) is 0 Å². The summed E-state index contributed by atoms with van der Waals surface area (Å²) in [6.45, 7) is 8.14. The van der Waals surface area contributed by atoms with E-state index < -0.39 is 0 Å². The first-order chi connectivity index (χ1) is 13.8. The number of carbonyl (C=O) groups is 2. The first-order valence-corrected chi connectivity index (χ1v) is 10.1. The Morgan fingerprint density at radius 3 is 2.52 bits per heavy atom. The lowest BCUT2D eigenvalue weighted by molar-refractivity contribution is -0.931. The van der Waals surface area contributed by atoms with Crippen molar-refractivity contribution in [2.75, 3.05) is 20.8 Å². The molecule has 3 atom stereocenters. The van der Waals surface area contributed by atoms with Gasteiger partial charge < -0.3 is 19.4 Å². The summed E-state index contributed by atoms with van der Waals surface area (Å²) in [7, 11) is 3.30. The topological polar surface area (TPSA) is 72.8 Å². The average Bonchev–Trinajstić information content (AvgIpc) is 3.30. The van der Waals surface area contributed by atoms with Crippen LogP contribution in [0.1, 0.15) is 70.4 Å². The summed E-state index contributed by atoms with van der Waals surface area (Å²) in [6, 6.07) is 5.83. The summed E-state index contributed by atoms with van der Waals surface area (Å²) in [5.41, 5.74) is 3.80. The molecule has 1 unspecified atom stereocenters. The van der Waals surface area contributed by atoms with E-state index in [2.05, 4.69) is 4.98 Å². The van der Waals surface area contributed by atoms with Crippen LogP contribution in [0.3, 0.4) is 0 Å².